The van der Waals surface area contributed by atoms with E-state index in [1.807, 2.05) is 0 Å². The fraction of sp³-hybridized carbons (Fsp3) is 0.893. The molecule has 0 aliphatic heterocycles. The molecule has 3 fully saturated rings. The van der Waals surface area contributed by atoms with E-state index < -0.39 is 12.2 Å². The third-order valence-corrected chi connectivity index (χ3v) is 11.0. The Morgan fingerprint density at radius 2 is 1.74 bits per heavy atom. The molecular weight excluding hydrogens is 384 g/mol. The van der Waals surface area contributed by atoms with Crippen molar-refractivity contribution in [3.8, 4) is 0 Å². The smallest absolute Gasteiger partial charge is 0.136 e. The maximum Gasteiger partial charge on any atom is 0.136 e. The molecule has 31 heavy (non-hydrogen) atoms. The van der Waals surface area contributed by atoms with Crippen molar-refractivity contribution in [3.63, 3.8) is 0 Å². The van der Waals surface area contributed by atoms with Crippen LogP contribution in [0.5, 0.6) is 0 Å². The molecule has 4 aliphatic rings. The molecule has 0 heterocycles. The van der Waals surface area contributed by atoms with Gasteiger partial charge in [-0.25, -0.2) is 0 Å². The Morgan fingerprint density at radius 3 is 2.42 bits per heavy atom. The maximum absolute atomic E-state index is 12.8. The minimum atomic E-state index is -0.668. The summed E-state index contributed by atoms with van der Waals surface area (Å²) in [5.41, 5.74) is 1.53. The van der Waals surface area contributed by atoms with Crippen LogP contribution >= 0.6 is 0 Å². The van der Waals surface area contributed by atoms with Crippen LogP contribution in [0.15, 0.2) is 11.6 Å². The summed E-state index contributed by atoms with van der Waals surface area (Å²) in [7, 11) is 0. The highest BCUT2D eigenvalue weighted by Crippen LogP contribution is 2.67. The number of rotatable bonds is 5. The molecule has 0 aromatic rings. The molecule has 3 heteroatoms. The van der Waals surface area contributed by atoms with Crippen LogP contribution in [0.2, 0.25) is 0 Å². The van der Waals surface area contributed by atoms with Gasteiger partial charge in [0, 0.05) is 12.3 Å². The quantitative estimate of drug-likeness (QED) is 0.543. The SMILES string of the molecule is CC(C)[C@H](C)C(=O)C[C@@H](C)[C@H]1CC[C@H]2[C@@H]3CC=C4[C@@H](O)[C@@H](O)CC[C@]4(C)[C@H]3CC[C@]12C. The average molecular weight is 431 g/mol. The van der Waals surface area contributed by atoms with Gasteiger partial charge in [-0.1, -0.05) is 47.6 Å². The van der Waals surface area contributed by atoms with Gasteiger partial charge in [0.2, 0.25) is 0 Å². The van der Waals surface area contributed by atoms with Crippen LogP contribution in [-0.2, 0) is 4.79 Å². The average Bonchev–Trinajstić information content (AvgIpc) is 3.07. The van der Waals surface area contributed by atoms with E-state index in [0.29, 0.717) is 40.8 Å². The zero-order valence-electron chi connectivity index (χ0n) is 20.7. The van der Waals surface area contributed by atoms with E-state index in [0.717, 1.165) is 37.2 Å². The van der Waals surface area contributed by atoms with Crippen molar-refractivity contribution < 1.29 is 15.0 Å². The van der Waals surface area contributed by atoms with Gasteiger partial charge >= 0.3 is 0 Å². The number of hydrogen-bond acceptors (Lipinski definition) is 3. The van der Waals surface area contributed by atoms with Crippen LogP contribution < -0.4 is 0 Å². The predicted octanol–water partition coefficient (Wildman–Crippen LogP) is 5.78. The first-order valence-corrected chi connectivity index (χ1v) is 13.1. The Kier molecular flexibility index (Phi) is 6.27. The lowest BCUT2D eigenvalue weighted by Gasteiger charge is -2.59. The lowest BCUT2D eigenvalue weighted by molar-refractivity contribution is -0.125. The summed E-state index contributed by atoms with van der Waals surface area (Å²) in [6.07, 6.45) is 9.62. The number of carbonyl (C=O) groups excluding carboxylic acids is 1. The third-order valence-electron chi connectivity index (χ3n) is 11.0. The zero-order chi connectivity index (χ0) is 22.7. The van der Waals surface area contributed by atoms with Gasteiger partial charge in [-0.15, -0.1) is 0 Å². The first kappa shape index (κ1) is 23.5. The van der Waals surface area contributed by atoms with Crippen LogP contribution in [0.1, 0.15) is 92.9 Å². The van der Waals surface area contributed by atoms with E-state index in [9.17, 15) is 15.0 Å². The van der Waals surface area contributed by atoms with Gasteiger partial charge in [0.25, 0.3) is 0 Å². The molecule has 3 saturated carbocycles. The summed E-state index contributed by atoms with van der Waals surface area (Å²) >= 11 is 0. The molecule has 0 radical (unpaired) electrons. The van der Waals surface area contributed by atoms with Crippen molar-refractivity contribution in [1.82, 2.24) is 0 Å². The second-order valence-electron chi connectivity index (χ2n) is 12.6. The van der Waals surface area contributed by atoms with E-state index >= 15 is 0 Å². The second-order valence-corrected chi connectivity index (χ2v) is 12.6. The summed E-state index contributed by atoms with van der Waals surface area (Å²) in [5.74, 6) is 4.22. The summed E-state index contributed by atoms with van der Waals surface area (Å²) in [5, 5.41) is 20.9. The van der Waals surface area contributed by atoms with E-state index in [-0.39, 0.29) is 11.3 Å². The fourth-order valence-corrected chi connectivity index (χ4v) is 8.71. The normalized spacial score (nSPS) is 46.5. The van der Waals surface area contributed by atoms with Gasteiger partial charge in [0.05, 0.1) is 6.10 Å². The van der Waals surface area contributed by atoms with Crippen molar-refractivity contribution in [1.29, 1.82) is 0 Å². The number of ketones is 1. The van der Waals surface area contributed by atoms with Gasteiger partial charge in [-0.05, 0) is 96.9 Å². The Hall–Kier alpha value is -0.670. The minimum absolute atomic E-state index is 0.0509. The minimum Gasteiger partial charge on any atom is -0.390 e. The Morgan fingerprint density at radius 1 is 1.03 bits per heavy atom. The largest absolute Gasteiger partial charge is 0.390 e. The molecule has 4 rings (SSSR count). The van der Waals surface area contributed by atoms with Crippen molar-refractivity contribution in [2.75, 3.05) is 0 Å². The molecule has 4 aliphatic carbocycles. The molecule has 0 aromatic heterocycles. The third kappa shape index (κ3) is 3.66. The van der Waals surface area contributed by atoms with Gasteiger partial charge in [0.15, 0.2) is 0 Å². The molecule has 0 spiro atoms. The molecule has 2 N–H and O–H groups in total. The Bertz CT molecular complexity index is 726. The fourth-order valence-electron chi connectivity index (χ4n) is 8.71. The molecule has 10 atom stereocenters. The van der Waals surface area contributed by atoms with Gasteiger partial charge in [0.1, 0.15) is 11.9 Å². The number of carbonyl (C=O) groups is 1. The maximum atomic E-state index is 12.8. The first-order chi connectivity index (χ1) is 14.5. The highest BCUT2D eigenvalue weighted by Gasteiger charge is 2.60. The summed E-state index contributed by atoms with van der Waals surface area (Å²) in [6, 6.07) is 0. The van der Waals surface area contributed by atoms with Crippen molar-refractivity contribution in [2.45, 2.75) is 105 Å². The lowest BCUT2D eigenvalue weighted by Crippen LogP contribution is -2.53. The summed E-state index contributed by atoms with van der Waals surface area (Å²) in [6.45, 7) is 13.7. The van der Waals surface area contributed by atoms with Gasteiger partial charge in [-0.2, -0.15) is 0 Å². The van der Waals surface area contributed by atoms with Crippen LogP contribution in [0.25, 0.3) is 0 Å². The van der Waals surface area contributed by atoms with Crippen LogP contribution in [0.3, 0.4) is 0 Å². The molecular formula is C28H46O3. The molecule has 0 amide bonds. The molecule has 0 bridgehead atoms. The number of aliphatic hydroxyl groups excluding tert-OH is 2. The molecule has 3 nitrogen and oxygen atoms in total. The van der Waals surface area contributed by atoms with Crippen LogP contribution in [0.4, 0.5) is 0 Å². The predicted molar refractivity (Wildman–Crippen MR) is 125 cm³/mol. The second kappa shape index (κ2) is 8.28. The van der Waals surface area contributed by atoms with E-state index in [1.165, 1.54) is 25.7 Å². The van der Waals surface area contributed by atoms with Crippen LogP contribution in [-0.4, -0.2) is 28.2 Å². The van der Waals surface area contributed by atoms with E-state index in [2.05, 4.69) is 47.6 Å². The molecule has 176 valence electrons. The molecule has 0 saturated heterocycles. The van der Waals surface area contributed by atoms with Crippen molar-refractivity contribution >= 4 is 5.78 Å². The van der Waals surface area contributed by atoms with Crippen molar-refractivity contribution in [2.24, 2.45) is 52.3 Å². The molecule has 0 aromatic carbocycles. The standard InChI is InChI=1S/C28H46O3/c1-16(2)18(4)25(30)15-17(3)20-9-10-21-19-7-8-23-26(31)24(29)12-14-28(23,6)22(19)11-13-27(20,21)5/h8,16-22,24,26,29,31H,7,9-15H2,1-6H3/t17-,18+,19+,20-,21+,22+,24+,26-,27-,28-/m1/s1. The van der Waals surface area contributed by atoms with E-state index in [1.54, 1.807) is 0 Å². The zero-order valence-corrected chi connectivity index (χ0v) is 20.7. The van der Waals surface area contributed by atoms with Gasteiger partial charge in [-0.3, -0.25) is 4.79 Å². The highest BCUT2D eigenvalue weighted by molar-refractivity contribution is 5.81. The number of aliphatic hydroxyl groups is 2. The van der Waals surface area contributed by atoms with Crippen LogP contribution in [0, 0.1) is 52.3 Å². The number of hydrogen-bond donors (Lipinski definition) is 2. The molecule has 0 unspecified atom stereocenters. The Labute approximate surface area is 190 Å². The topological polar surface area (TPSA) is 57.5 Å². The first-order valence-electron chi connectivity index (χ1n) is 13.1. The Balaban J connectivity index is 1.53. The highest BCUT2D eigenvalue weighted by atomic mass is 16.3. The lowest BCUT2D eigenvalue weighted by atomic mass is 9.46. The number of Topliss-reactive ketones (excluding diaryl/α,β-unsaturated/α-hetero) is 1. The summed E-state index contributed by atoms with van der Waals surface area (Å²) in [4.78, 5) is 12.8. The van der Waals surface area contributed by atoms with E-state index in [4.69, 9.17) is 0 Å². The van der Waals surface area contributed by atoms with Crippen molar-refractivity contribution in [3.05, 3.63) is 11.6 Å². The number of fused-ring (bicyclic) bond motifs is 5. The number of allylic oxidation sites excluding steroid dienone is 1. The summed E-state index contributed by atoms with van der Waals surface area (Å²) < 4.78 is 0. The van der Waals surface area contributed by atoms with Gasteiger partial charge < -0.3 is 10.2 Å². The monoisotopic (exact) mass is 430 g/mol.